The van der Waals surface area contributed by atoms with Crippen molar-refractivity contribution in [3.63, 3.8) is 0 Å². The highest BCUT2D eigenvalue weighted by Crippen LogP contribution is 2.38. The molecule has 0 aromatic heterocycles. The molecule has 0 bridgehead atoms. The van der Waals surface area contributed by atoms with Crippen LogP contribution in [0.3, 0.4) is 0 Å². The molecule has 1 fully saturated rings. The van der Waals surface area contributed by atoms with Crippen molar-refractivity contribution in [2.45, 2.75) is 64.9 Å². The van der Waals surface area contributed by atoms with E-state index in [0.717, 1.165) is 4.90 Å². The van der Waals surface area contributed by atoms with Gasteiger partial charge in [0.2, 0.25) is 5.91 Å². The van der Waals surface area contributed by atoms with Crippen molar-refractivity contribution in [3.8, 4) is 0 Å². The zero-order valence-electron chi connectivity index (χ0n) is 17.4. The molecule has 0 saturated carbocycles. The lowest BCUT2D eigenvalue weighted by atomic mass is 9.91. The first-order valence-electron chi connectivity index (χ1n) is 9.37. The molecule has 0 spiro atoms. The molecule has 0 N–H and O–H groups in total. The minimum Gasteiger partial charge on any atom is -0.471 e. The van der Waals surface area contributed by atoms with Gasteiger partial charge in [-0.3, -0.25) is 19.3 Å². The number of nitrogens with zero attached hydrogens (tertiary/aromatic N) is 1. The average molecular weight is 494 g/mol. The molecule has 164 valence electrons. The minimum atomic E-state index is -3.64. The predicted octanol–water partition coefficient (Wildman–Crippen LogP) is 2.31. The van der Waals surface area contributed by atoms with Crippen LogP contribution in [0.5, 0.6) is 0 Å². The van der Waals surface area contributed by atoms with Crippen molar-refractivity contribution in [3.05, 3.63) is 11.5 Å². The Morgan fingerprint density at radius 3 is 2.34 bits per heavy atom. The molecule has 0 aliphatic carbocycles. The van der Waals surface area contributed by atoms with E-state index in [1.807, 2.05) is 0 Å². The van der Waals surface area contributed by atoms with Crippen molar-refractivity contribution in [2.24, 2.45) is 5.41 Å². The van der Waals surface area contributed by atoms with E-state index in [4.69, 9.17) is 9.47 Å². The number of halogens is 1. The lowest BCUT2D eigenvalue weighted by Crippen LogP contribution is -2.59. The SMILES string of the molecule is CC(C)(CCBr)OC(=O)CC1=C(OCC(=O)C(C)(C)C)N2C(=O)C[C@H]2S(=O)(=O)C1. The Labute approximate surface area is 180 Å². The number of rotatable bonds is 8. The van der Waals surface area contributed by atoms with Crippen LogP contribution in [-0.2, 0) is 33.7 Å². The second kappa shape index (κ2) is 8.37. The van der Waals surface area contributed by atoms with E-state index in [9.17, 15) is 22.8 Å². The molecule has 1 atom stereocenters. The summed E-state index contributed by atoms with van der Waals surface area (Å²) in [6.45, 7) is 8.41. The summed E-state index contributed by atoms with van der Waals surface area (Å²) in [5.41, 5.74) is -1.25. The Morgan fingerprint density at radius 2 is 1.83 bits per heavy atom. The molecule has 2 aliphatic rings. The van der Waals surface area contributed by atoms with Crippen LogP contribution >= 0.6 is 15.9 Å². The molecule has 0 aromatic rings. The second-order valence-electron chi connectivity index (χ2n) is 8.95. The normalized spacial score (nSPS) is 21.4. The number of carbonyl (C=O) groups excluding carboxylic acids is 3. The van der Waals surface area contributed by atoms with Gasteiger partial charge in [0.05, 0.1) is 18.6 Å². The number of β-lactam (4-membered cyclic amide) rings is 1. The summed E-state index contributed by atoms with van der Waals surface area (Å²) < 4.78 is 36.1. The van der Waals surface area contributed by atoms with Crippen molar-refractivity contribution in [2.75, 3.05) is 17.7 Å². The number of hydrogen-bond acceptors (Lipinski definition) is 7. The first kappa shape index (κ1) is 23.9. The van der Waals surface area contributed by atoms with Gasteiger partial charge in [0.1, 0.15) is 12.2 Å². The van der Waals surface area contributed by atoms with Gasteiger partial charge in [0.25, 0.3) is 0 Å². The van der Waals surface area contributed by atoms with E-state index in [1.165, 1.54) is 0 Å². The van der Waals surface area contributed by atoms with E-state index >= 15 is 0 Å². The van der Waals surface area contributed by atoms with Gasteiger partial charge in [-0.25, -0.2) is 8.42 Å². The Kier molecular flexibility index (Phi) is 6.89. The third-order valence-electron chi connectivity index (χ3n) is 4.84. The maximum Gasteiger partial charge on any atom is 0.310 e. The molecule has 1 saturated heterocycles. The van der Waals surface area contributed by atoms with Gasteiger partial charge in [-0.2, -0.15) is 0 Å². The predicted molar refractivity (Wildman–Crippen MR) is 110 cm³/mol. The number of amides is 1. The number of sulfone groups is 1. The topological polar surface area (TPSA) is 107 Å². The summed E-state index contributed by atoms with van der Waals surface area (Å²) >= 11 is 3.30. The molecule has 29 heavy (non-hydrogen) atoms. The molecule has 0 aromatic carbocycles. The van der Waals surface area contributed by atoms with Crippen LogP contribution in [0.1, 0.15) is 53.9 Å². The highest BCUT2D eigenvalue weighted by atomic mass is 79.9. The molecule has 0 unspecified atom stereocenters. The van der Waals surface area contributed by atoms with Crippen molar-refractivity contribution in [1.29, 1.82) is 0 Å². The number of esters is 1. The van der Waals surface area contributed by atoms with E-state index in [1.54, 1.807) is 34.6 Å². The first-order valence-corrected chi connectivity index (χ1v) is 12.2. The summed E-state index contributed by atoms with van der Waals surface area (Å²) in [4.78, 5) is 37.8. The number of ether oxygens (including phenoxy) is 2. The summed E-state index contributed by atoms with van der Waals surface area (Å²) in [7, 11) is -3.64. The number of hydrogen-bond donors (Lipinski definition) is 0. The van der Waals surface area contributed by atoms with Crippen LogP contribution in [0.15, 0.2) is 11.5 Å². The smallest absolute Gasteiger partial charge is 0.310 e. The van der Waals surface area contributed by atoms with E-state index < -0.39 is 43.9 Å². The maximum absolute atomic E-state index is 12.5. The van der Waals surface area contributed by atoms with Crippen LogP contribution in [0, 0.1) is 5.41 Å². The van der Waals surface area contributed by atoms with Gasteiger partial charge in [-0.1, -0.05) is 36.7 Å². The molecular formula is C19H28BrNO7S. The van der Waals surface area contributed by atoms with Crippen LogP contribution in [0.4, 0.5) is 0 Å². The fraction of sp³-hybridized carbons (Fsp3) is 0.737. The Hall–Kier alpha value is -1.42. The van der Waals surface area contributed by atoms with E-state index in [-0.39, 0.29) is 36.7 Å². The molecule has 1 amide bonds. The van der Waals surface area contributed by atoms with E-state index in [0.29, 0.717) is 11.8 Å². The molecule has 10 heteroatoms. The highest BCUT2D eigenvalue weighted by molar-refractivity contribution is 9.09. The van der Waals surface area contributed by atoms with Crippen molar-refractivity contribution in [1.82, 2.24) is 4.90 Å². The van der Waals surface area contributed by atoms with Crippen LogP contribution < -0.4 is 0 Å². The average Bonchev–Trinajstić information content (AvgIpc) is 2.52. The van der Waals surface area contributed by atoms with Gasteiger partial charge in [0.15, 0.2) is 26.9 Å². The van der Waals surface area contributed by atoms with Gasteiger partial charge in [-0.15, -0.1) is 0 Å². The number of ketones is 1. The zero-order chi connectivity index (χ0) is 22.2. The summed E-state index contributed by atoms with van der Waals surface area (Å²) in [6, 6.07) is 0. The Balaban J connectivity index is 2.29. The number of Topliss-reactive ketones (excluding diaryl/α,β-unsaturated/α-hetero) is 1. The fourth-order valence-corrected chi connectivity index (χ4v) is 5.73. The van der Waals surface area contributed by atoms with Gasteiger partial charge >= 0.3 is 5.97 Å². The molecule has 0 radical (unpaired) electrons. The molecule has 8 nitrogen and oxygen atoms in total. The number of fused-ring (bicyclic) bond motifs is 1. The van der Waals surface area contributed by atoms with Crippen molar-refractivity contribution < 1.29 is 32.3 Å². The van der Waals surface area contributed by atoms with Crippen LogP contribution in [0.25, 0.3) is 0 Å². The molecule has 2 rings (SSSR count). The standard InChI is InChI=1S/C19H28BrNO7S/c1-18(2,3)13(22)10-27-17-12(8-16(24)28-19(4,5)6-7-20)11-29(25,26)15-9-14(23)21(15)17/h15H,6-11H2,1-5H3/t15-/m1/s1. The molecule has 2 heterocycles. The Morgan fingerprint density at radius 1 is 1.21 bits per heavy atom. The third-order valence-corrected chi connectivity index (χ3v) is 7.19. The lowest BCUT2D eigenvalue weighted by Gasteiger charge is -2.44. The molecule has 2 aliphatic heterocycles. The van der Waals surface area contributed by atoms with Crippen molar-refractivity contribution >= 4 is 43.4 Å². The second-order valence-corrected chi connectivity index (χ2v) is 11.9. The summed E-state index contributed by atoms with van der Waals surface area (Å²) in [5.74, 6) is -1.65. The monoisotopic (exact) mass is 493 g/mol. The van der Waals surface area contributed by atoms with E-state index in [2.05, 4.69) is 15.9 Å². The lowest BCUT2D eigenvalue weighted by molar-refractivity contribution is -0.156. The van der Waals surface area contributed by atoms with Gasteiger partial charge in [-0.05, 0) is 20.3 Å². The third kappa shape index (κ3) is 5.59. The van der Waals surface area contributed by atoms with Crippen LogP contribution in [0.2, 0.25) is 0 Å². The minimum absolute atomic E-state index is 0.00563. The quantitative estimate of drug-likeness (QED) is 0.290. The van der Waals surface area contributed by atoms with Gasteiger partial charge in [0, 0.05) is 16.3 Å². The molecular weight excluding hydrogens is 466 g/mol. The van der Waals surface area contributed by atoms with Gasteiger partial charge < -0.3 is 9.47 Å². The Bertz CT molecular complexity index is 839. The summed E-state index contributed by atoms with van der Waals surface area (Å²) in [6.07, 6.45) is 0.116. The number of alkyl halides is 1. The highest BCUT2D eigenvalue weighted by Gasteiger charge is 2.52. The fourth-order valence-electron chi connectivity index (χ4n) is 2.94. The largest absolute Gasteiger partial charge is 0.471 e. The first-order chi connectivity index (χ1) is 13.2. The maximum atomic E-state index is 12.5. The van der Waals surface area contributed by atoms with Crippen LogP contribution in [-0.4, -0.2) is 59.6 Å². The zero-order valence-corrected chi connectivity index (χ0v) is 19.8. The number of carbonyl (C=O) groups is 3. The summed E-state index contributed by atoms with van der Waals surface area (Å²) in [5, 5.41) is -0.364.